The molecule has 2 aliphatic heterocycles. The van der Waals surface area contributed by atoms with E-state index in [0.717, 1.165) is 64.6 Å². The maximum Gasteiger partial charge on any atom is 0.158 e. The molecule has 0 aromatic rings. The van der Waals surface area contributed by atoms with E-state index < -0.39 is 0 Å². The van der Waals surface area contributed by atoms with E-state index in [0.29, 0.717) is 23.7 Å². The zero-order valence-electron chi connectivity index (χ0n) is 22.2. The summed E-state index contributed by atoms with van der Waals surface area (Å²) in [6.07, 6.45) is 20.0. The van der Waals surface area contributed by atoms with Crippen LogP contribution in [0.2, 0.25) is 0 Å². The lowest BCUT2D eigenvalue weighted by atomic mass is 9.89. The van der Waals surface area contributed by atoms with Crippen LogP contribution in [0.5, 0.6) is 0 Å². The number of aliphatic hydroxyl groups is 1. The van der Waals surface area contributed by atoms with E-state index in [-0.39, 0.29) is 31.4 Å². The van der Waals surface area contributed by atoms with Crippen LogP contribution in [-0.2, 0) is 18.9 Å². The molecule has 2 aliphatic carbocycles. The third-order valence-electron chi connectivity index (χ3n) is 8.36. The highest BCUT2D eigenvalue weighted by Gasteiger charge is 2.47. The Labute approximate surface area is 212 Å². The van der Waals surface area contributed by atoms with Crippen molar-refractivity contribution in [2.45, 2.75) is 110 Å². The lowest BCUT2D eigenvalue weighted by molar-refractivity contribution is -0.193. The van der Waals surface area contributed by atoms with Crippen LogP contribution < -0.4 is 0 Å². The van der Waals surface area contributed by atoms with Crippen LogP contribution in [0.4, 0.5) is 0 Å². The van der Waals surface area contributed by atoms with Crippen LogP contribution in [0.25, 0.3) is 0 Å². The number of rotatable bonds is 10. The molecule has 2 saturated heterocycles. The lowest BCUT2D eigenvalue weighted by Crippen LogP contribution is -2.32. The third-order valence-corrected chi connectivity index (χ3v) is 8.36. The summed E-state index contributed by atoms with van der Waals surface area (Å²) in [4.78, 5) is 0. The highest BCUT2D eigenvalue weighted by atomic mass is 16.7. The van der Waals surface area contributed by atoms with Crippen molar-refractivity contribution in [2.24, 2.45) is 23.7 Å². The molecule has 4 aliphatic rings. The zero-order valence-corrected chi connectivity index (χ0v) is 22.2. The van der Waals surface area contributed by atoms with Crippen molar-refractivity contribution >= 4 is 0 Å². The first kappa shape index (κ1) is 27.1. The Morgan fingerprint density at radius 2 is 1.80 bits per heavy atom. The summed E-state index contributed by atoms with van der Waals surface area (Å²) >= 11 is 0. The number of ether oxygens (including phenoxy) is 4. The van der Waals surface area contributed by atoms with E-state index in [1.165, 1.54) is 24.0 Å². The highest BCUT2D eigenvalue weighted by molar-refractivity contribution is 5.18. The molecule has 3 unspecified atom stereocenters. The average molecular weight is 489 g/mol. The summed E-state index contributed by atoms with van der Waals surface area (Å²) in [5.41, 5.74) is 2.76. The summed E-state index contributed by atoms with van der Waals surface area (Å²) in [6, 6.07) is 0. The first-order valence-corrected chi connectivity index (χ1v) is 14.2. The van der Waals surface area contributed by atoms with Gasteiger partial charge in [-0.15, -0.1) is 0 Å². The van der Waals surface area contributed by atoms with Gasteiger partial charge < -0.3 is 24.1 Å². The fourth-order valence-corrected chi connectivity index (χ4v) is 6.36. The van der Waals surface area contributed by atoms with Gasteiger partial charge in [-0.05, 0) is 95.8 Å². The first-order chi connectivity index (χ1) is 17.0. The summed E-state index contributed by atoms with van der Waals surface area (Å²) in [5, 5.41) is 9.44. The minimum atomic E-state index is -0.0999. The maximum atomic E-state index is 9.44. The van der Waals surface area contributed by atoms with Gasteiger partial charge >= 0.3 is 0 Å². The van der Waals surface area contributed by atoms with E-state index in [1.807, 2.05) is 6.08 Å². The smallest absolute Gasteiger partial charge is 0.158 e. The number of fused-ring (bicyclic) bond motifs is 1. The molecule has 0 spiro atoms. The molecular weight excluding hydrogens is 440 g/mol. The van der Waals surface area contributed by atoms with Gasteiger partial charge in [0.25, 0.3) is 0 Å². The Morgan fingerprint density at radius 3 is 2.46 bits per heavy atom. The number of hydrogen-bond donors (Lipinski definition) is 1. The molecule has 2 saturated carbocycles. The fourth-order valence-electron chi connectivity index (χ4n) is 6.36. The molecule has 0 aromatic carbocycles. The topological polar surface area (TPSA) is 57.2 Å². The molecule has 4 fully saturated rings. The lowest BCUT2D eigenvalue weighted by Gasteiger charge is -2.31. The normalized spacial score (nSPS) is 36.4. The summed E-state index contributed by atoms with van der Waals surface area (Å²) in [5.74, 6) is 1.92. The molecule has 5 heteroatoms. The Morgan fingerprint density at radius 1 is 1.06 bits per heavy atom. The summed E-state index contributed by atoms with van der Waals surface area (Å²) in [6.45, 7) is 8.36. The second-order valence-corrected chi connectivity index (χ2v) is 11.4. The van der Waals surface area contributed by atoms with Crippen LogP contribution in [0.15, 0.2) is 35.5 Å². The third kappa shape index (κ3) is 7.75. The Kier molecular flexibility index (Phi) is 10.5. The SMILES string of the molecule is CC(C)=CCC(C)[C@@H](/C=C/[C@@H]1[C@H]2C/C(=C\CO)C[C@H]2C[C@H]1OC1CCCCO1)OC1CCCCO1. The predicted octanol–water partition coefficient (Wildman–Crippen LogP) is 6.32. The van der Waals surface area contributed by atoms with Crippen LogP contribution in [0, 0.1) is 23.7 Å². The molecule has 0 radical (unpaired) electrons. The molecule has 198 valence electrons. The number of allylic oxidation sites excluding steroid dienone is 3. The van der Waals surface area contributed by atoms with E-state index in [4.69, 9.17) is 18.9 Å². The maximum absolute atomic E-state index is 9.44. The number of hydrogen-bond acceptors (Lipinski definition) is 5. The molecule has 0 bridgehead atoms. The monoisotopic (exact) mass is 488 g/mol. The van der Waals surface area contributed by atoms with Crippen molar-refractivity contribution in [1.82, 2.24) is 0 Å². The molecule has 2 heterocycles. The molecule has 35 heavy (non-hydrogen) atoms. The van der Waals surface area contributed by atoms with Crippen molar-refractivity contribution in [2.75, 3.05) is 19.8 Å². The fraction of sp³-hybridized carbons (Fsp3) is 0.800. The molecule has 4 rings (SSSR count). The van der Waals surface area contributed by atoms with Gasteiger partial charge in [0.05, 0.1) is 18.8 Å². The van der Waals surface area contributed by atoms with Gasteiger partial charge in [-0.3, -0.25) is 0 Å². The van der Waals surface area contributed by atoms with Gasteiger partial charge in [0.15, 0.2) is 12.6 Å². The average Bonchev–Trinajstić information content (AvgIpc) is 3.38. The van der Waals surface area contributed by atoms with Crippen LogP contribution in [0.1, 0.15) is 85.0 Å². The van der Waals surface area contributed by atoms with Crippen molar-refractivity contribution in [3.05, 3.63) is 35.5 Å². The van der Waals surface area contributed by atoms with Crippen LogP contribution in [-0.4, -0.2) is 49.7 Å². The first-order valence-electron chi connectivity index (χ1n) is 14.2. The summed E-state index contributed by atoms with van der Waals surface area (Å²) < 4.78 is 25.0. The van der Waals surface area contributed by atoms with Gasteiger partial charge in [-0.25, -0.2) is 0 Å². The second-order valence-electron chi connectivity index (χ2n) is 11.4. The molecule has 5 nitrogen and oxygen atoms in total. The van der Waals surface area contributed by atoms with Crippen molar-refractivity contribution in [3.63, 3.8) is 0 Å². The van der Waals surface area contributed by atoms with Crippen molar-refractivity contribution in [1.29, 1.82) is 0 Å². The van der Waals surface area contributed by atoms with E-state index in [9.17, 15) is 5.11 Å². The Bertz CT molecular complexity index is 727. The molecule has 8 atom stereocenters. The molecule has 0 aromatic heterocycles. The van der Waals surface area contributed by atoms with E-state index in [2.05, 4.69) is 39.0 Å². The highest BCUT2D eigenvalue weighted by Crippen LogP contribution is 2.52. The molecule has 1 N–H and O–H groups in total. The van der Waals surface area contributed by atoms with Gasteiger partial charge in [0, 0.05) is 19.1 Å². The van der Waals surface area contributed by atoms with Gasteiger partial charge in [0.2, 0.25) is 0 Å². The van der Waals surface area contributed by atoms with Gasteiger partial charge in [0.1, 0.15) is 0 Å². The second kappa shape index (κ2) is 13.5. The minimum Gasteiger partial charge on any atom is -0.392 e. The van der Waals surface area contributed by atoms with Crippen molar-refractivity contribution in [3.8, 4) is 0 Å². The van der Waals surface area contributed by atoms with E-state index in [1.54, 1.807) is 0 Å². The predicted molar refractivity (Wildman–Crippen MR) is 139 cm³/mol. The van der Waals surface area contributed by atoms with Crippen molar-refractivity contribution < 1.29 is 24.1 Å². The Balaban J connectivity index is 1.49. The van der Waals surface area contributed by atoms with Gasteiger partial charge in [-0.2, -0.15) is 0 Å². The largest absolute Gasteiger partial charge is 0.392 e. The van der Waals surface area contributed by atoms with Crippen LogP contribution in [0.3, 0.4) is 0 Å². The standard InChI is InChI=1S/C30H48O5/c1-21(2)10-11-22(3)27(34-29-8-4-6-16-32-29)13-12-25-26-19-23(14-15-31)18-24(26)20-28(25)35-30-9-5-7-17-33-30/h10,12-14,22,24-31H,4-9,11,15-20H2,1-3H3/b13-12+,23-14-/t22?,24-,25+,26-,27+,28+,29?,30?/m0/s1. The zero-order chi connectivity index (χ0) is 24.6. The molecule has 0 amide bonds. The Hall–Kier alpha value is -0.980. The van der Waals surface area contributed by atoms with E-state index >= 15 is 0 Å². The summed E-state index contributed by atoms with van der Waals surface area (Å²) in [7, 11) is 0. The quantitative estimate of drug-likeness (QED) is 0.365. The van der Waals surface area contributed by atoms with Crippen LogP contribution >= 0.6 is 0 Å². The number of aliphatic hydroxyl groups excluding tert-OH is 1. The van der Waals surface area contributed by atoms with Gasteiger partial charge in [-0.1, -0.05) is 42.4 Å². The molecular formula is C30H48O5. The minimum absolute atomic E-state index is 0.0215.